The predicted molar refractivity (Wildman–Crippen MR) is 77.2 cm³/mol. The van der Waals surface area contributed by atoms with Gasteiger partial charge in [-0.25, -0.2) is 4.98 Å². The summed E-state index contributed by atoms with van der Waals surface area (Å²) < 4.78 is 5.39. The number of methoxy groups -OCH3 is 1. The Morgan fingerprint density at radius 3 is 2.79 bits per heavy atom. The second kappa shape index (κ2) is 4.31. The Labute approximate surface area is 111 Å². The molecule has 0 unspecified atom stereocenters. The largest absolute Gasteiger partial charge is 0.496 e. The molecule has 0 atom stereocenters. The van der Waals surface area contributed by atoms with Crippen LogP contribution in [0.5, 0.6) is 5.75 Å². The van der Waals surface area contributed by atoms with Crippen molar-refractivity contribution in [3.63, 3.8) is 0 Å². The molecular formula is C15H15N3O. The molecule has 1 heterocycles. The van der Waals surface area contributed by atoms with Crippen LogP contribution in [0.25, 0.3) is 22.4 Å². The number of fused-ring (bicyclic) bond motifs is 1. The average molecular weight is 253 g/mol. The number of hydrogen-bond acceptors (Lipinski definition) is 3. The molecule has 3 aromatic rings. The van der Waals surface area contributed by atoms with E-state index in [1.165, 1.54) is 0 Å². The van der Waals surface area contributed by atoms with Gasteiger partial charge in [-0.05, 0) is 31.2 Å². The van der Waals surface area contributed by atoms with Gasteiger partial charge in [0.05, 0.1) is 23.9 Å². The summed E-state index contributed by atoms with van der Waals surface area (Å²) in [6.07, 6.45) is 0. The van der Waals surface area contributed by atoms with Gasteiger partial charge in [0.2, 0.25) is 0 Å². The molecule has 0 aliphatic heterocycles. The highest BCUT2D eigenvalue weighted by Crippen LogP contribution is 2.31. The maximum atomic E-state index is 5.93. The van der Waals surface area contributed by atoms with Crippen molar-refractivity contribution >= 4 is 16.7 Å². The van der Waals surface area contributed by atoms with E-state index in [9.17, 15) is 0 Å². The highest BCUT2D eigenvalue weighted by molar-refractivity contribution is 5.89. The number of rotatable bonds is 2. The second-order valence-electron chi connectivity index (χ2n) is 4.53. The molecular weight excluding hydrogens is 238 g/mol. The number of nitrogens with two attached hydrogens (primary N) is 1. The zero-order chi connectivity index (χ0) is 13.4. The predicted octanol–water partition coefficient (Wildman–Crippen LogP) is 3.13. The Bertz CT molecular complexity index is 746. The van der Waals surface area contributed by atoms with Gasteiger partial charge >= 0.3 is 0 Å². The van der Waals surface area contributed by atoms with Gasteiger partial charge in [-0.3, -0.25) is 0 Å². The summed E-state index contributed by atoms with van der Waals surface area (Å²) in [6, 6.07) is 11.7. The van der Waals surface area contributed by atoms with Crippen LogP contribution in [-0.2, 0) is 0 Å². The van der Waals surface area contributed by atoms with E-state index < -0.39 is 0 Å². The van der Waals surface area contributed by atoms with Gasteiger partial charge in [-0.15, -0.1) is 0 Å². The minimum Gasteiger partial charge on any atom is -0.496 e. The first-order chi connectivity index (χ1) is 9.19. The first-order valence-electron chi connectivity index (χ1n) is 6.08. The quantitative estimate of drug-likeness (QED) is 0.690. The molecule has 96 valence electrons. The number of benzene rings is 2. The number of ether oxygens (including phenoxy) is 1. The van der Waals surface area contributed by atoms with Crippen LogP contribution in [0, 0.1) is 6.92 Å². The van der Waals surface area contributed by atoms with Gasteiger partial charge in [0.1, 0.15) is 17.1 Å². The summed E-state index contributed by atoms with van der Waals surface area (Å²) >= 11 is 0. The lowest BCUT2D eigenvalue weighted by molar-refractivity contribution is 0.416. The number of hydrogen-bond donors (Lipinski definition) is 2. The van der Waals surface area contributed by atoms with Crippen molar-refractivity contribution in [2.75, 3.05) is 12.8 Å². The fourth-order valence-electron chi connectivity index (χ4n) is 2.19. The number of anilines is 1. The summed E-state index contributed by atoms with van der Waals surface area (Å²) in [7, 11) is 1.66. The Hall–Kier alpha value is -2.49. The SMILES string of the molecule is COc1ccc(C)cc1-c1nc2c(N)cccc2[nH]1. The smallest absolute Gasteiger partial charge is 0.142 e. The molecule has 0 spiro atoms. The second-order valence-corrected chi connectivity index (χ2v) is 4.53. The first-order valence-corrected chi connectivity index (χ1v) is 6.08. The lowest BCUT2D eigenvalue weighted by Crippen LogP contribution is -1.90. The third kappa shape index (κ3) is 1.91. The van der Waals surface area contributed by atoms with Gasteiger partial charge in [0.25, 0.3) is 0 Å². The normalized spacial score (nSPS) is 10.8. The van der Waals surface area contributed by atoms with Crippen LogP contribution >= 0.6 is 0 Å². The van der Waals surface area contributed by atoms with Crippen molar-refractivity contribution in [3.8, 4) is 17.1 Å². The average Bonchev–Trinajstić information content (AvgIpc) is 2.84. The van der Waals surface area contributed by atoms with Gasteiger partial charge in [0.15, 0.2) is 0 Å². The van der Waals surface area contributed by atoms with Crippen LogP contribution in [0.2, 0.25) is 0 Å². The highest BCUT2D eigenvalue weighted by atomic mass is 16.5. The van der Waals surface area contributed by atoms with E-state index in [0.29, 0.717) is 5.69 Å². The van der Waals surface area contributed by atoms with Crippen LogP contribution in [0.15, 0.2) is 36.4 Å². The van der Waals surface area contributed by atoms with E-state index >= 15 is 0 Å². The molecule has 19 heavy (non-hydrogen) atoms. The summed E-state index contributed by atoms with van der Waals surface area (Å²) in [5.41, 5.74) is 10.4. The minimum absolute atomic E-state index is 0.673. The third-order valence-corrected chi connectivity index (χ3v) is 3.15. The summed E-state index contributed by atoms with van der Waals surface area (Å²) in [5.74, 6) is 1.57. The monoisotopic (exact) mass is 253 g/mol. The molecule has 0 bridgehead atoms. The summed E-state index contributed by atoms with van der Waals surface area (Å²) in [6.45, 7) is 2.04. The lowest BCUT2D eigenvalue weighted by atomic mass is 10.1. The Morgan fingerprint density at radius 1 is 1.21 bits per heavy atom. The van der Waals surface area contributed by atoms with Crippen molar-refractivity contribution in [2.45, 2.75) is 6.92 Å². The van der Waals surface area contributed by atoms with Crippen LogP contribution in [0.1, 0.15) is 5.56 Å². The molecule has 4 heteroatoms. The number of aryl methyl sites for hydroxylation is 1. The van der Waals surface area contributed by atoms with E-state index in [1.807, 2.05) is 43.3 Å². The maximum absolute atomic E-state index is 5.93. The molecule has 0 aliphatic rings. The van der Waals surface area contributed by atoms with Crippen LogP contribution in [-0.4, -0.2) is 17.1 Å². The van der Waals surface area contributed by atoms with Gasteiger partial charge in [-0.2, -0.15) is 0 Å². The number of para-hydroxylation sites is 1. The molecule has 0 aliphatic carbocycles. The Morgan fingerprint density at radius 2 is 2.05 bits per heavy atom. The third-order valence-electron chi connectivity index (χ3n) is 3.15. The van der Waals surface area contributed by atoms with Gasteiger partial charge in [-0.1, -0.05) is 17.7 Å². The fourth-order valence-corrected chi connectivity index (χ4v) is 2.19. The van der Waals surface area contributed by atoms with E-state index in [1.54, 1.807) is 7.11 Å². The molecule has 2 aromatic carbocycles. The van der Waals surface area contributed by atoms with E-state index in [0.717, 1.165) is 33.7 Å². The number of H-pyrrole nitrogens is 1. The molecule has 4 nitrogen and oxygen atoms in total. The standard InChI is InChI=1S/C15H15N3O/c1-9-6-7-13(19-2)10(8-9)15-17-12-5-3-4-11(16)14(12)18-15/h3-8H,16H2,1-2H3,(H,17,18). The van der Waals surface area contributed by atoms with Crippen LogP contribution < -0.4 is 10.5 Å². The Balaban J connectivity index is 2.24. The van der Waals surface area contributed by atoms with Crippen molar-refractivity contribution in [3.05, 3.63) is 42.0 Å². The molecule has 0 saturated carbocycles. The van der Waals surface area contributed by atoms with Crippen LogP contribution in [0.4, 0.5) is 5.69 Å². The van der Waals surface area contributed by atoms with Crippen molar-refractivity contribution in [1.82, 2.24) is 9.97 Å². The topological polar surface area (TPSA) is 63.9 Å². The molecule has 0 amide bonds. The van der Waals surface area contributed by atoms with Gasteiger partial charge in [0, 0.05) is 0 Å². The van der Waals surface area contributed by atoms with E-state index in [4.69, 9.17) is 10.5 Å². The van der Waals surface area contributed by atoms with Crippen molar-refractivity contribution < 1.29 is 4.74 Å². The number of aromatic nitrogens is 2. The molecule has 0 saturated heterocycles. The minimum atomic E-state index is 0.673. The van der Waals surface area contributed by atoms with E-state index in [2.05, 4.69) is 9.97 Å². The number of aromatic amines is 1. The molecule has 3 N–H and O–H groups in total. The molecule has 0 radical (unpaired) electrons. The first kappa shape index (κ1) is 11.6. The maximum Gasteiger partial charge on any atom is 0.142 e. The summed E-state index contributed by atoms with van der Waals surface area (Å²) in [5, 5.41) is 0. The Kier molecular flexibility index (Phi) is 2.63. The zero-order valence-electron chi connectivity index (χ0n) is 10.9. The summed E-state index contributed by atoms with van der Waals surface area (Å²) in [4.78, 5) is 7.86. The lowest BCUT2D eigenvalue weighted by Gasteiger charge is -2.06. The number of nitrogen functional groups attached to an aromatic ring is 1. The zero-order valence-corrected chi connectivity index (χ0v) is 10.9. The number of nitrogens with one attached hydrogen (secondary N) is 1. The fraction of sp³-hybridized carbons (Fsp3) is 0.133. The van der Waals surface area contributed by atoms with Crippen molar-refractivity contribution in [1.29, 1.82) is 0 Å². The van der Waals surface area contributed by atoms with Crippen molar-refractivity contribution in [2.24, 2.45) is 0 Å². The number of nitrogens with zero attached hydrogens (tertiary/aromatic N) is 1. The van der Waals surface area contributed by atoms with Gasteiger partial charge < -0.3 is 15.5 Å². The molecule has 3 rings (SSSR count). The highest BCUT2D eigenvalue weighted by Gasteiger charge is 2.11. The van der Waals surface area contributed by atoms with E-state index in [-0.39, 0.29) is 0 Å². The molecule has 0 fully saturated rings. The van der Waals surface area contributed by atoms with Crippen LogP contribution in [0.3, 0.4) is 0 Å². The molecule has 1 aromatic heterocycles. The number of imidazole rings is 1.